The minimum Gasteiger partial charge on any atom is -0.467 e. The van der Waals surface area contributed by atoms with Crippen molar-refractivity contribution in [2.75, 3.05) is 20.2 Å². The number of hydrogen-bond acceptors (Lipinski definition) is 6. The number of methoxy groups -OCH3 is 1. The molecule has 0 spiro atoms. The predicted octanol–water partition coefficient (Wildman–Crippen LogP) is 1.21. The lowest BCUT2D eigenvalue weighted by Crippen LogP contribution is -2.54. The second-order valence-corrected chi connectivity index (χ2v) is 8.16. The molecule has 3 amide bonds. The average molecular weight is 399 g/mol. The molecule has 2 N–H and O–H groups in total. The van der Waals surface area contributed by atoms with Gasteiger partial charge in [0.25, 0.3) is 0 Å². The van der Waals surface area contributed by atoms with Gasteiger partial charge in [0.05, 0.1) is 7.11 Å². The first-order chi connectivity index (χ1) is 13.0. The second-order valence-electron chi connectivity index (χ2n) is 8.16. The molecule has 28 heavy (non-hydrogen) atoms. The number of piperidine rings is 1. The van der Waals surface area contributed by atoms with Gasteiger partial charge in [-0.25, -0.2) is 9.59 Å². The molecule has 1 rings (SSSR count). The van der Waals surface area contributed by atoms with Crippen molar-refractivity contribution in [3.8, 4) is 0 Å². The highest BCUT2D eigenvalue weighted by Crippen LogP contribution is 2.22. The van der Waals surface area contributed by atoms with Crippen LogP contribution in [0.15, 0.2) is 0 Å². The number of nitrogens with zero attached hydrogens (tertiary/aromatic N) is 1. The summed E-state index contributed by atoms with van der Waals surface area (Å²) in [7, 11) is 1.25. The van der Waals surface area contributed by atoms with Crippen LogP contribution in [0.4, 0.5) is 4.79 Å². The van der Waals surface area contributed by atoms with Crippen LogP contribution >= 0.6 is 0 Å². The van der Waals surface area contributed by atoms with Gasteiger partial charge in [-0.1, -0.05) is 0 Å². The molecule has 9 nitrogen and oxygen atoms in total. The lowest BCUT2D eigenvalue weighted by atomic mass is 9.90. The van der Waals surface area contributed by atoms with Gasteiger partial charge in [-0.05, 0) is 53.9 Å². The van der Waals surface area contributed by atoms with E-state index in [0.29, 0.717) is 13.0 Å². The Kier molecular flexibility index (Phi) is 8.71. The lowest BCUT2D eigenvalue weighted by molar-refractivity contribution is -0.155. The number of nitrogens with one attached hydrogen (secondary N) is 2. The molecule has 0 radical (unpaired) electrons. The second kappa shape index (κ2) is 10.3. The summed E-state index contributed by atoms with van der Waals surface area (Å²) in [5.74, 6) is -1.53. The molecule has 0 bridgehead atoms. The van der Waals surface area contributed by atoms with E-state index >= 15 is 0 Å². The highest BCUT2D eigenvalue weighted by Gasteiger charge is 2.37. The first-order valence-electron chi connectivity index (χ1n) is 9.59. The van der Waals surface area contributed by atoms with Gasteiger partial charge in [0.2, 0.25) is 11.8 Å². The summed E-state index contributed by atoms with van der Waals surface area (Å²) in [5.41, 5.74) is -0.687. The summed E-state index contributed by atoms with van der Waals surface area (Å²) in [4.78, 5) is 50.5. The predicted molar refractivity (Wildman–Crippen MR) is 102 cm³/mol. The number of amides is 3. The van der Waals surface area contributed by atoms with E-state index in [-0.39, 0.29) is 30.8 Å². The quantitative estimate of drug-likeness (QED) is 0.622. The normalized spacial score (nSPS) is 18.1. The maximum Gasteiger partial charge on any atom is 0.408 e. The summed E-state index contributed by atoms with van der Waals surface area (Å²) in [6.45, 7) is 8.98. The molecule has 0 aromatic heterocycles. The lowest BCUT2D eigenvalue weighted by Gasteiger charge is -2.35. The zero-order valence-corrected chi connectivity index (χ0v) is 17.7. The number of alkyl carbamates (subject to hydrolysis) is 1. The monoisotopic (exact) mass is 399 g/mol. The van der Waals surface area contributed by atoms with Gasteiger partial charge in [0.15, 0.2) is 0 Å². The first kappa shape index (κ1) is 23.7. The largest absolute Gasteiger partial charge is 0.467 e. The highest BCUT2D eigenvalue weighted by atomic mass is 16.6. The Hall–Kier alpha value is -2.32. The van der Waals surface area contributed by atoms with Crippen LogP contribution in [0, 0.1) is 5.92 Å². The van der Waals surface area contributed by atoms with E-state index < -0.39 is 29.6 Å². The third-order valence-electron chi connectivity index (χ3n) is 4.34. The van der Waals surface area contributed by atoms with E-state index in [9.17, 15) is 19.2 Å². The van der Waals surface area contributed by atoms with Crippen LogP contribution in [0.25, 0.3) is 0 Å². The third kappa shape index (κ3) is 7.36. The van der Waals surface area contributed by atoms with Crippen LogP contribution in [0.5, 0.6) is 0 Å². The molecule has 0 aliphatic carbocycles. The Bertz CT molecular complexity index is 585. The summed E-state index contributed by atoms with van der Waals surface area (Å²) in [5, 5.41) is 5.20. The molecule has 2 atom stereocenters. The van der Waals surface area contributed by atoms with Crippen molar-refractivity contribution in [3.63, 3.8) is 0 Å². The van der Waals surface area contributed by atoms with Crippen molar-refractivity contribution < 1.29 is 28.7 Å². The van der Waals surface area contributed by atoms with Crippen molar-refractivity contribution >= 4 is 23.9 Å². The fourth-order valence-electron chi connectivity index (χ4n) is 3.16. The minimum absolute atomic E-state index is 0.122. The number of ether oxygens (including phenoxy) is 2. The van der Waals surface area contributed by atoms with Crippen LogP contribution < -0.4 is 10.6 Å². The van der Waals surface area contributed by atoms with Crippen LogP contribution in [0.1, 0.15) is 53.9 Å². The maximum atomic E-state index is 12.8. The molecule has 1 unspecified atom stereocenters. The Labute approximate surface area is 166 Å². The average Bonchev–Trinajstić information content (AvgIpc) is 2.58. The standard InChI is InChI=1S/C19H33N3O6/c1-12(2)22(15(23)11-21-18(26)28-19(3,4)5)14(17(25)27-6)10-13-8-7-9-20-16(13)24/h12-14H,7-11H2,1-6H3,(H,20,24)(H,21,26)/t13-,14?/m0/s1. The molecule has 1 saturated heterocycles. The van der Waals surface area contributed by atoms with E-state index in [4.69, 9.17) is 9.47 Å². The van der Waals surface area contributed by atoms with E-state index in [1.54, 1.807) is 34.6 Å². The zero-order valence-electron chi connectivity index (χ0n) is 17.7. The molecule has 0 saturated carbocycles. The fourth-order valence-corrected chi connectivity index (χ4v) is 3.16. The molecular formula is C19H33N3O6. The van der Waals surface area contributed by atoms with E-state index in [1.165, 1.54) is 12.0 Å². The van der Waals surface area contributed by atoms with Crippen molar-refractivity contribution in [1.29, 1.82) is 0 Å². The fraction of sp³-hybridized carbons (Fsp3) is 0.789. The van der Waals surface area contributed by atoms with Gasteiger partial charge in [-0.15, -0.1) is 0 Å². The number of carbonyl (C=O) groups excluding carboxylic acids is 4. The van der Waals surface area contributed by atoms with Crippen molar-refractivity contribution in [1.82, 2.24) is 15.5 Å². The Morgan fingerprint density at radius 2 is 1.93 bits per heavy atom. The van der Waals surface area contributed by atoms with E-state index in [0.717, 1.165) is 6.42 Å². The minimum atomic E-state index is -0.910. The summed E-state index contributed by atoms with van der Waals surface area (Å²) in [6, 6.07) is -1.24. The Morgan fingerprint density at radius 1 is 1.29 bits per heavy atom. The maximum absolute atomic E-state index is 12.8. The number of hydrogen-bond donors (Lipinski definition) is 2. The summed E-state index contributed by atoms with van der Waals surface area (Å²) < 4.78 is 10.0. The van der Waals surface area contributed by atoms with Gasteiger partial charge in [-0.2, -0.15) is 0 Å². The van der Waals surface area contributed by atoms with Crippen molar-refractivity contribution in [2.24, 2.45) is 5.92 Å². The topological polar surface area (TPSA) is 114 Å². The number of carbonyl (C=O) groups is 4. The van der Waals surface area contributed by atoms with Crippen LogP contribution in [-0.2, 0) is 23.9 Å². The van der Waals surface area contributed by atoms with Crippen LogP contribution in [0.2, 0.25) is 0 Å². The van der Waals surface area contributed by atoms with Crippen LogP contribution in [0.3, 0.4) is 0 Å². The molecule has 1 aliphatic heterocycles. The van der Waals surface area contributed by atoms with Crippen molar-refractivity contribution in [2.45, 2.75) is 71.6 Å². The van der Waals surface area contributed by atoms with Gasteiger partial charge >= 0.3 is 12.1 Å². The van der Waals surface area contributed by atoms with Gasteiger partial charge in [0.1, 0.15) is 18.2 Å². The smallest absolute Gasteiger partial charge is 0.408 e. The van der Waals surface area contributed by atoms with Crippen molar-refractivity contribution in [3.05, 3.63) is 0 Å². The Morgan fingerprint density at radius 3 is 2.43 bits per heavy atom. The van der Waals surface area contributed by atoms with E-state index in [2.05, 4.69) is 10.6 Å². The Balaban J connectivity index is 2.89. The molecule has 160 valence electrons. The van der Waals surface area contributed by atoms with Gasteiger partial charge in [-0.3, -0.25) is 9.59 Å². The molecule has 1 heterocycles. The van der Waals surface area contributed by atoms with Gasteiger partial charge in [0, 0.05) is 18.5 Å². The first-order valence-corrected chi connectivity index (χ1v) is 9.59. The molecule has 9 heteroatoms. The van der Waals surface area contributed by atoms with Crippen LogP contribution in [-0.4, -0.2) is 66.7 Å². The van der Waals surface area contributed by atoms with Gasteiger partial charge < -0.3 is 25.0 Å². The van der Waals surface area contributed by atoms with E-state index in [1.807, 2.05) is 0 Å². The number of esters is 1. The zero-order chi connectivity index (χ0) is 21.5. The highest BCUT2D eigenvalue weighted by molar-refractivity contribution is 5.88. The SMILES string of the molecule is COC(=O)C(C[C@@H]1CCCNC1=O)N(C(=O)CNC(=O)OC(C)(C)C)C(C)C. The molecule has 0 aromatic rings. The number of rotatable bonds is 7. The molecule has 1 aliphatic rings. The third-order valence-corrected chi connectivity index (χ3v) is 4.34. The molecule has 1 fully saturated rings. The molecular weight excluding hydrogens is 366 g/mol. The summed E-state index contributed by atoms with van der Waals surface area (Å²) >= 11 is 0. The summed E-state index contributed by atoms with van der Waals surface area (Å²) in [6.07, 6.45) is 0.927. The molecule has 0 aromatic carbocycles.